The second-order valence-electron chi connectivity index (χ2n) is 7.19. The van der Waals surface area contributed by atoms with Crippen LogP contribution in [0.2, 0.25) is 0 Å². The number of rotatable bonds is 4. The molecule has 0 radical (unpaired) electrons. The van der Waals surface area contributed by atoms with Crippen molar-refractivity contribution in [1.82, 2.24) is 0 Å². The molecule has 0 saturated heterocycles. The Kier molecular flexibility index (Phi) is 5.32. The van der Waals surface area contributed by atoms with Crippen molar-refractivity contribution < 1.29 is 18.1 Å². The molecule has 2 rings (SSSR count). The maximum Gasteiger partial charge on any atom is 0.171 e. The zero-order valence-corrected chi connectivity index (χ0v) is 15.6. The van der Waals surface area contributed by atoms with E-state index in [1.807, 2.05) is 0 Å². The molecule has 2 atom stereocenters. The van der Waals surface area contributed by atoms with Gasteiger partial charge < -0.3 is 9.29 Å². The Morgan fingerprint density at radius 1 is 1.48 bits per heavy atom. The normalized spacial score (nSPS) is 21.4. The Balaban J connectivity index is 2.52. The number of ether oxygens (including phenoxy) is 1. The van der Waals surface area contributed by atoms with Crippen LogP contribution in [0, 0.1) is 11.6 Å². The lowest BCUT2D eigenvalue weighted by Crippen LogP contribution is -2.33. The van der Waals surface area contributed by atoms with E-state index in [-0.39, 0.29) is 30.0 Å². The van der Waals surface area contributed by atoms with Gasteiger partial charge in [-0.2, -0.15) is 0 Å². The summed E-state index contributed by atoms with van der Waals surface area (Å²) in [7, 11) is 0. The number of benzene rings is 1. The van der Waals surface area contributed by atoms with Crippen LogP contribution in [0.3, 0.4) is 0 Å². The summed E-state index contributed by atoms with van der Waals surface area (Å²) >= 11 is -1.63. The third kappa shape index (κ3) is 4.05. The zero-order chi connectivity index (χ0) is 19.0. The first kappa shape index (κ1) is 19.5. The van der Waals surface area contributed by atoms with Gasteiger partial charge in [0.15, 0.2) is 11.6 Å². The molecule has 1 heterocycles. The van der Waals surface area contributed by atoms with Gasteiger partial charge in [-0.05, 0) is 46.2 Å². The van der Waals surface area contributed by atoms with Crippen LogP contribution in [0.4, 0.5) is 8.78 Å². The molecule has 2 unspecified atom stereocenters. The van der Waals surface area contributed by atoms with Crippen molar-refractivity contribution in [2.75, 3.05) is 6.54 Å². The first-order valence-electron chi connectivity index (χ1n) is 7.67. The first-order valence-corrected chi connectivity index (χ1v) is 8.77. The molecular formula is C16H20F2N4O2S. The van der Waals surface area contributed by atoms with Crippen molar-refractivity contribution in [3.8, 4) is 5.75 Å². The van der Waals surface area contributed by atoms with Gasteiger partial charge in [0.2, 0.25) is 0 Å². The van der Waals surface area contributed by atoms with Gasteiger partial charge in [0.25, 0.3) is 0 Å². The fourth-order valence-corrected chi connectivity index (χ4v) is 3.11. The number of hydrogen-bond acceptors (Lipinski definition) is 4. The van der Waals surface area contributed by atoms with Gasteiger partial charge in [-0.25, -0.2) is 8.78 Å². The van der Waals surface area contributed by atoms with Gasteiger partial charge in [0.1, 0.15) is 33.2 Å². The van der Waals surface area contributed by atoms with Gasteiger partial charge in [-0.3, -0.25) is 0 Å². The summed E-state index contributed by atoms with van der Waals surface area (Å²) in [5, 5.41) is 3.50. The van der Waals surface area contributed by atoms with Crippen molar-refractivity contribution in [2.45, 2.75) is 51.4 Å². The second-order valence-corrected chi connectivity index (χ2v) is 9.10. The minimum absolute atomic E-state index is 0.0188. The number of azide groups is 1. The monoisotopic (exact) mass is 370 g/mol. The third-order valence-electron chi connectivity index (χ3n) is 3.74. The predicted octanol–water partition coefficient (Wildman–Crippen LogP) is 4.24. The summed E-state index contributed by atoms with van der Waals surface area (Å²) in [5.74, 6) is -1.97. The predicted molar refractivity (Wildman–Crippen MR) is 93.2 cm³/mol. The minimum atomic E-state index is -1.63. The fraction of sp³-hybridized carbons (Fsp3) is 0.562. The Morgan fingerprint density at radius 3 is 2.68 bits per heavy atom. The highest BCUT2D eigenvalue weighted by Crippen LogP contribution is 2.40. The Bertz CT molecular complexity index is 772. The highest BCUT2D eigenvalue weighted by molar-refractivity contribution is 7.91. The van der Waals surface area contributed by atoms with Crippen LogP contribution >= 0.6 is 0 Å². The molecule has 136 valence electrons. The molecule has 0 aromatic heterocycles. The van der Waals surface area contributed by atoms with E-state index >= 15 is 0 Å². The summed E-state index contributed by atoms with van der Waals surface area (Å²) in [6.45, 7) is 8.39. The molecular weight excluding hydrogens is 350 g/mol. The van der Waals surface area contributed by atoms with Crippen LogP contribution in [0.15, 0.2) is 15.6 Å². The van der Waals surface area contributed by atoms with Gasteiger partial charge >= 0.3 is 0 Å². The van der Waals surface area contributed by atoms with Crippen molar-refractivity contribution in [2.24, 2.45) is 9.51 Å². The van der Waals surface area contributed by atoms with Crippen LogP contribution in [0.1, 0.15) is 45.7 Å². The van der Waals surface area contributed by atoms with Gasteiger partial charge in [0.05, 0.1) is 12.1 Å². The van der Waals surface area contributed by atoms with E-state index in [0.29, 0.717) is 5.56 Å². The molecule has 0 fully saturated rings. The Morgan fingerprint density at radius 2 is 2.12 bits per heavy atom. The van der Waals surface area contributed by atoms with Crippen molar-refractivity contribution in [3.63, 3.8) is 0 Å². The maximum absolute atomic E-state index is 14.4. The van der Waals surface area contributed by atoms with Gasteiger partial charge in [-0.1, -0.05) is 9.51 Å². The summed E-state index contributed by atoms with van der Waals surface area (Å²) in [6, 6.07) is 1.07. The highest BCUT2D eigenvalue weighted by Gasteiger charge is 2.39. The van der Waals surface area contributed by atoms with E-state index in [4.69, 9.17) is 10.3 Å². The molecule has 6 nitrogen and oxygen atoms in total. The zero-order valence-electron chi connectivity index (χ0n) is 14.8. The summed E-state index contributed by atoms with van der Waals surface area (Å²) in [4.78, 5) is 2.70. The molecule has 1 aromatic rings. The van der Waals surface area contributed by atoms with E-state index in [2.05, 4.69) is 14.4 Å². The van der Waals surface area contributed by atoms with Crippen LogP contribution in [-0.2, 0) is 17.8 Å². The van der Waals surface area contributed by atoms with E-state index in [0.717, 1.165) is 6.07 Å². The summed E-state index contributed by atoms with van der Waals surface area (Å²) < 4.78 is 49.9. The van der Waals surface area contributed by atoms with Crippen LogP contribution in [-0.4, -0.2) is 27.2 Å². The number of hydrogen-bond donors (Lipinski definition) is 0. The standard InChI is InChI=1S/C16H20F2N4O2S/c1-9(21-25(23)15(2,3)4)12-13(18)11(17)6-10-7-16(5,8-20-22-19)24-14(10)12/h6H,7-8H2,1-5H3. The molecule has 0 spiro atoms. The Labute approximate surface area is 148 Å². The molecule has 9 heteroatoms. The molecule has 1 aliphatic heterocycles. The number of fused-ring (bicyclic) bond motifs is 1. The molecule has 0 aliphatic carbocycles. The molecule has 0 bridgehead atoms. The van der Waals surface area contributed by atoms with Crippen molar-refractivity contribution >= 4 is 17.1 Å². The molecule has 1 aromatic carbocycles. The SMILES string of the molecule is CC(=N[S+]([O-])C(C)(C)C)c1c(F)c(F)cc2c1OC(C)(CN=[N+]=[N-])C2. The number of nitrogens with zero attached hydrogens (tertiary/aromatic N) is 4. The van der Waals surface area contributed by atoms with Crippen LogP contribution in [0.25, 0.3) is 10.4 Å². The highest BCUT2D eigenvalue weighted by atomic mass is 32.2. The summed E-state index contributed by atoms with van der Waals surface area (Å²) in [6.07, 6.45) is 0.265. The molecule has 25 heavy (non-hydrogen) atoms. The lowest BCUT2D eigenvalue weighted by atomic mass is 9.97. The van der Waals surface area contributed by atoms with E-state index in [1.54, 1.807) is 27.7 Å². The van der Waals surface area contributed by atoms with Gasteiger partial charge in [0, 0.05) is 16.9 Å². The molecule has 1 aliphatic rings. The largest absolute Gasteiger partial charge is 0.591 e. The minimum Gasteiger partial charge on any atom is -0.591 e. The van der Waals surface area contributed by atoms with Crippen LogP contribution in [0.5, 0.6) is 5.75 Å². The lowest BCUT2D eigenvalue weighted by molar-refractivity contribution is 0.125. The quantitative estimate of drug-likeness (QED) is 0.261. The van der Waals surface area contributed by atoms with E-state index in [9.17, 15) is 13.3 Å². The molecule has 0 amide bonds. The first-order chi connectivity index (χ1) is 11.5. The molecule has 0 N–H and O–H groups in total. The number of halogens is 2. The fourth-order valence-electron chi connectivity index (χ4n) is 2.49. The lowest BCUT2D eigenvalue weighted by Gasteiger charge is -2.22. The molecule has 0 saturated carbocycles. The summed E-state index contributed by atoms with van der Waals surface area (Å²) in [5.41, 5.74) is 8.01. The van der Waals surface area contributed by atoms with Crippen molar-refractivity contribution in [1.29, 1.82) is 0 Å². The Hall–Kier alpha value is -1.83. The smallest absolute Gasteiger partial charge is 0.171 e. The topological polar surface area (TPSA) is 93.4 Å². The van der Waals surface area contributed by atoms with E-state index in [1.165, 1.54) is 6.92 Å². The average molecular weight is 370 g/mol. The van der Waals surface area contributed by atoms with Crippen LogP contribution < -0.4 is 4.74 Å². The average Bonchev–Trinajstić information content (AvgIpc) is 2.81. The second kappa shape index (κ2) is 6.82. The van der Waals surface area contributed by atoms with Gasteiger partial charge in [-0.15, -0.1) is 0 Å². The van der Waals surface area contributed by atoms with E-state index < -0.39 is 33.3 Å². The third-order valence-corrected chi connectivity index (χ3v) is 5.22. The van der Waals surface area contributed by atoms with Crippen molar-refractivity contribution in [3.05, 3.63) is 39.3 Å². The maximum atomic E-state index is 14.4.